The highest BCUT2D eigenvalue weighted by atomic mass is 32.2. The lowest BCUT2D eigenvalue weighted by atomic mass is 9.92. The van der Waals surface area contributed by atoms with Crippen LogP contribution in [0.3, 0.4) is 0 Å². The third-order valence-electron chi connectivity index (χ3n) is 5.18. The van der Waals surface area contributed by atoms with Crippen molar-refractivity contribution in [1.29, 1.82) is 0 Å². The molecule has 3 aliphatic rings. The minimum atomic E-state index is -0.181. The van der Waals surface area contributed by atoms with Crippen LogP contribution in [-0.4, -0.2) is 40.7 Å². The Balaban J connectivity index is 1.64. The maximum absolute atomic E-state index is 11.6. The predicted octanol–water partition coefficient (Wildman–Crippen LogP) is 3.45. The standard InChI is InChI=1S/C18H19N3OS2/c1-10(22)14-9-23-17(20-14)18-19-13-8-11-4-2-6-21-7-3-5-12(15(11)21)16(13)24-18/h8,14H,2-7,9H2,1H3/t14-/m1/s1. The Morgan fingerprint density at radius 2 is 2.12 bits per heavy atom. The van der Waals surface area contributed by atoms with E-state index in [0.29, 0.717) is 0 Å². The van der Waals surface area contributed by atoms with E-state index in [1.165, 1.54) is 53.9 Å². The number of aliphatic imine (C=N–C) groups is 1. The average molecular weight is 358 g/mol. The normalized spacial score (nSPS) is 22.6. The van der Waals surface area contributed by atoms with Crippen molar-refractivity contribution < 1.29 is 4.79 Å². The number of carbonyl (C=O) groups is 1. The SMILES string of the molecule is CC(=O)[C@H]1CSC(c2nc3cc4c5c(c3s2)CCCN5CCC4)=N1. The van der Waals surface area contributed by atoms with Crippen LogP contribution in [0.15, 0.2) is 11.1 Å². The number of fused-ring (bicyclic) bond motifs is 2. The minimum Gasteiger partial charge on any atom is -0.371 e. The number of ketones is 1. The number of aryl methyl sites for hydroxylation is 2. The first-order valence-corrected chi connectivity index (χ1v) is 10.4. The Morgan fingerprint density at radius 1 is 1.29 bits per heavy atom. The highest BCUT2D eigenvalue weighted by molar-refractivity contribution is 8.15. The molecule has 0 unspecified atom stereocenters. The van der Waals surface area contributed by atoms with Gasteiger partial charge in [-0.2, -0.15) is 0 Å². The Hall–Kier alpha value is -1.40. The first-order chi connectivity index (χ1) is 11.7. The first-order valence-electron chi connectivity index (χ1n) is 8.62. The summed E-state index contributed by atoms with van der Waals surface area (Å²) < 4.78 is 1.34. The minimum absolute atomic E-state index is 0.153. The van der Waals surface area contributed by atoms with E-state index < -0.39 is 0 Å². The van der Waals surface area contributed by atoms with Crippen LogP contribution >= 0.6 is 23.1 Å². The molecule has 124 valence electrons. The average Bonchev–Trinajstić information content (AvgIpc) is 3.22. The van der Waals surface area contributed by atoms with Crippen LogP contribution in [0.2, 0.25) is 0 Å². The van der Waals surface area contributed by atoms with Gasteiger partial charge in [-0.1, -0.05) is 0 Å². The van der Waals surface area contributed by atoms with Gasteiger partial charge in [-0.05, 0) is 49.8 Å². The predicted molar refractivity (Wildman–Crippen MR) is 102 cm³/mol. The van der Waals surface area contributed by atoms with Crippen LogP contribution in [0.4, 0.5) is 5.69 Å². The lowest BCUT2D eigenvalue weighted by molar-refractivity contribution is -0.117. The van der Waals surface area contributed by atoms with Gasteiger partial charge in [0.25, 0.3) is 0 Å². The molecule has 0 saturated carbocycles. The second-order valence-corrected chi connectivity index (χ2v) is 8.80. The fourth-order valence-corrected chi connectivity index (χ4v) is 6.34. The molecular formula is C18H19N3OS2. The van der Waals surface area contributed by atoms with E-state index in [1.54, 1.807) is 30.0 Å². The molecule has 1 atom stereocenters. The number of hydrogen-bond acceptors (Lipinski definition) is 6. The van der Waals surface area contributed by atoms with Gasteiger partial charge >= 0.3 is 0 Å². The first kappa shape index (κ1) is 14.9. The van der Waals surface area contributed by atoms with Crippen molar-refractivity contribution in [2.24, 2.45) is 4.99 Å². The molecule has 0 fully saturated rings. The zero-order valence-electron chi connectivity index (χ0n) is 13.7. The zero-order valence-corrected chi connectivity index (χ0v) is 15.3. The van der Waals surface area contributed by atoms with Crippen molar-refractivity contribution in [3.63, 3.8) is 0 Å². The summed E-state index contributed by atoms with van der Waals surface area (Å²) >= 11 is 3.44. The third-order valence-corrected chi connectivity index (χ3v) is 7.50. The van der Waals surface area contributed by atoms with Crippen LogP contribution < -0.4 is 4.90 Å². The molecule has 0 N–H and O–H groups in total. The van der Waals surface area contributed by atoms with Gasteiger partial charge in [-0.15, -0.1) is 23.1 Å². The monoisotopic (exact) mass is 357 g/mol. The summed E-state index contributed by atoms with van der Waals surface area (Å²) in [5.74, 6) is 0.914. The lowest BCUT2D eigenvalue weighted by Gasteiger charge is -2.36. The van der Waals surface area contributed by atoms with Gasteiger partial charge in [0.1, 0.15) is 16.1 Å². The molecule has 0 amide bonds. The summed E-state index contributed by atoms with van der Waals surface area (Å²) in [6.07, 6.45) is 4.82. The van der Waals surface area contributed by atoms with E-state index >= 15 is 0 Å². The Kier molecular flexibility index (Phi) is 3.45. The molecule has 1 aromatic carbocycles. The highest BCUT2D eigenvalue weighted by Gasteiger charge is 2.29. The molecule has 24 heavy (non-hydrogen) atoms. The van der Waals surface area contributed by atoms with Gasteiger partial charge in [0.05, 0.1) is 10.2 Å². The number of rotatable bonds is 2. The van der Waals surface area contributed by atoms with Crippen LogP contribution in [-0.2, 0) is 17.6 Å². The largest absolute Gasteiger partial charge is 0.371 e. The second-order valence-electron chi connectivity index (χ2n) is 6.80. The third kappa shape index (κ3) is 2.23. The summed E-state index contributed by atoms with van der Waals surface area (Å²) in [6.45, 7) is 4.02. The van der Waals surface area contributed by atoms with E-state index in [0.717, 1.165) is 27.7 Å². The van der Waals surface area contributed by atoms with E-state index in [2.05, 4.69) is 16.0 Å². The number of nitrogens with zero attached hydrogens (tertiary/aromatic N) is 3. The molecule has 2 aromatic rings. The molecule has 0 aliphatic carbocycles. The Bertz CT molecular complexity index is 884. The van der Waals surface area contributed by atoms with Crippen LogP contribution in [0.1, 0.15) is 35.9 Å². The summed E-state index contributed by atoms with van der Waals surface area (Å²) in [5.41, 5.74) is 5.60. The molecule has 0 saturated heterocycles. The molecule has 6 heteroatoms. The van der Waals surface area contributed by atoms with Gasteiger partial charge in [0, 0.05) is 24.5 Å². The van der Waals surface area contributed by atoms with Gasteiger partial charge in [0.15, 0.2) is 5.78 Å². The number of hydrogen-bond donors (Lipinski definition) is 0. The molecule has 4 heterocycles. The fourth-order valence-electron chi connectivity index (χ4n) is 4.03. The number of aromatic nitrogens is 1. The topological polar surface area (TPSA) is 45.6 Å². The molecule has 1 aromatic heterocycles. The molecule has 4 nitrogen and oxygen atoms in total. The van der Waals surface area contributed by atoms with Crippen molar-refractivity contribution in [1.82, 2.24) is 4.98 Å². The van der Waals surface area contributed by atoms with Crippen molar-refractivity contribution >= 4 is 49.8 Å². The number of anilines is 1. The van der Waals surface area contributed by atoms with Gasteiger partial charge in [0.2, 0.25) is 0 Å². The molecular weight excluding hydrogens is 338 g/mol. The van der Waals surface area contributed by atoms with Crippen molar-refractivity contribution in [2.45, 2.75) is 38.6 Å². The van der Waals surface area contributed by atoms with Crippen molar-refractivity contribution in [3.8, 4) is 0 Å². The highest BCUT2D eigenvalue weighted by Crippen LogP contribution is 2.42. The fraction of sp³-hybridized carbons (Fsp3) is 0.500. The van der Waals surface area contributed by atoms with Crippen LogP contribution in [0.5, 0.6) is 0 Å². The van der Waals surface area contributed by atoms with Crippen LogP contribution in [0, 0.1) is 0 Å². The second kappa shape index (κ2) is 5.56. The van der Waals surface area contributed by atoms with E-state index in [4.69, 9.17) is 4.98 Å². The maximum Gasteiger partial charge on any atom is 0.155 e. The Labute approximate surface area is 149 Å². The summed E-state index contributed by atoms with van der Waals surface area (Å²) in [5, 5.41) is 1.95. The quantitative estimate of drug-likeness (QED) is 0.826. The van der Waals surface area contributed by atoms with Crippen molar-refractivity contribution in [2.75, 3.05) is 23.7 Å². The number of benzene rings is 1. The van der Waals surface area contributed by atoms with Gasteiger partial charge in [-0.25, -0.2) is 4.98 Å². The molecule has 5 rings (SSSR count). The molecule has 0 bridgehead atoms. The van der Waals surface area contributed by atoms with E-state index in [-0.39, 0.29) is 11.8 Å². The number of thioether (sulfide) groups is 1. The van der Waals surface area contributed by atoms with E-state index in [1.807, 2.05) is 0 Å². The number of thiazole rings is 1. The van der Waals surface area contributed by atoms with Crippen LogP contribution in [0.25, 0.3) is 10.2 Å². The molecule has 3 aliphatic heterocycles. The summed E-state index contributed by atoms with van der Waals surface area (Å²) in [6, 6.07) is 2.12. The van der Waals surface area contributed by atoms with E-state index in [9.17, 15) is 4.79 Å². The lowest BCUT2D eigenvalue weighted by Crippen LogP contribution is -2.34. The van der Waals surface area contributed by atoms with Crippen molar-refractivity contribution in [3.05, 3.63) is 22.2 Å². The number of Topliss-reactive ketones (excluding diaryl/α,β-unsaturated/α-hetero) is 1. The number of carbonyl (C=O) groups excluding carboxylic acids is 1. The van der Waals surface area contributed by atoms with Gasteiger partial charge < -0.3 is 4.90 Å². The van der Waals surface area contributed by atoms with Gasteiger partial charge in [-0.3, -0.25) is 9.79 Å². The molecule has 0 spiro atoms. The molecule has 0 radical (unpaired) electrons. The summed E-state index contributed by atoms with van der Waals surface area (Å²) in [7, 11) is 0. The smallest absolute Gasteiger partial charge is 0.155 e. The maximum atomic E-state index is 11.6. The Morgan fingerprint density at radius 3 is 2.92 bits per heavy atom. The zero-order chi connectivity index (χ0) is 16.3. The summed E-state index contributed by atoms with van der Waals surface area (Å²) in [4.78, 5) is 23.6.